The zero-order chi connectivity index (χ0) is 16.9. The van der Waals surface area contributed by atoms with Crippen LogP contribution >= 0.6 is 11.6 Å². The van der Waals surface area contributed by atoms with Crippen molar-refractivity contribution < 1.29 is 9.13 Å². The Labute approximate surface area is 145 Å². The minimum Gasteiger partial charge on any atom is -0.497 e. The molecule has 1 heterocycles. The third-order valence-corrected chi connectivity index (χ3v) is 4.15. The van der Waals surface area contributed by atoms with Crippen LogP contribution < -0.4 is 4.74 Å². The van der Waals surface area contributed by atoms with Crippen LogP contribution in [0.5, 0.6) is 5.75 Å². The number of hydrogen-bond donors (Lipinski definition) is 0. The molecular weight excluding hydrogens is 325 g/mol. The van der Waals surface area contributed by atoms with E-state index in [0.29, 0.717) is 17.2 Å². The van der Waals surface area contributed by atoms with E-state index < -0.39 is 0 Å². The molecule has 0 saturated heterocycles. The molecule has 0 spiro atoms. The van der Waals surface area contributed by atoms with Crippen LogP contribution in [0.15, 0.2) is 66.9 Å². The molecule has 0 fully saturated rings. The van der Waals surface area contributed by atoms with Crippen molar-refractivity contribution in [3.8, 4) is 5.75 Å². The molecule has 1 aromatic heterocycles. The molecule has 3 rings (SSSR count). The quantitative estimate of drug-likeness (QED) is 0.631. The minimum absolute atomic E-state index is 0.0886. The predicted octanol–water partition coefficient (Wildman–Crippen LogP) is 5.26. The lowest BCUT2D eigenvalue weighted by Crippen LogP contribution is -2.08. The summed E-state index contributed by atoms with van der Waals surface area (Å²) in [4.78, 5) is 4.44. The van der Waals surface area contributed by atoms with E-state index in [1.165, 1.54) is 19.2 Å². The molecule has 3 aromatic rings. The van der Waals surface area contributed by atoms with Gasteiger partial charge in [0, 0.05) is 23.9 Å². The fourth-order valence-electron chi connectivity index (χ4n) is 2.74. The number of methoxy groups -OCH3 is 1. The van der Waals surface area contributed by atoms with Crippen LogP contribution in [-0.2, 0) is 6.42 Å². The highest BCUT2D eigenvalue weighted by atomic mass is 35.5. The lowest BCUT2D eigenvalue weighted by atomic mass is 9.88. The lowest BCUT2D eigenvalue weighted by Gasteiger charge is -2.18. The molecular formula is C20H17ClFNO. The number of ether oxygens (including phenoxy) is 1. The van der Waals surface area contributed by atoms with Gasteiger partial charge in [-0.25, -0.2) is 4.39 Å². The van der Waals surface area contributed by atoms with Gasteiger partial charge in [0.2, 0.25) is 0 Å². The summed E-state index contributed by atoms with van der Waals surface area (Å²) in [5.41, 5.74) is 2.82. The summed E-state index contributed by atoms with van der Waals surface area (Å²) in [6.07, 6.45) is 2.33. The average Bonchev–Trinajstić information content (AvgIpc) is 2.61. The number of rotatable bonds is 5. The molecule has 1 atom stereocenters. The van der Waals surface area contributed by atoms with E-state index in [-0.39, 0.29) is 11.7 Å². The van der Waals surface area contributed by atoms with Crippen LogP contribution in [0.25, 0.3) is 0 Å². The highest BCUT2D eigenvalue weighted by molar-refractivity contribution is 6.30. The van der Waals surface area contributed by atoms with E-state index in [0.717, 1.165) is 16.8 Å². The zero-order valence-electron chi connectivity index (χ0n) is 13.2. The van der Waals surface area contributed by atoms with Gasteiger partial charge in [-0.1, -0.05) is 41.9 Å². The maximum atomic E-state index is 14.0. The van der Waals surface area contributed by atoms with Gasteiger partial charge in [-0.05, 0) is 41.8 Å². The van der Waals surface area contributed by atoms with Crippen LogP contribution in [0, 0.1) is 5.82 Å². The SMILES string of the molecule is COc1cc(F)cc(C(Cc2ccccc2)c2ccc(Cl)cn2)c1. The van der Waals surface area contributed by atoms with Crippen molar-refractivity contribution in [3.05, 3.63) is 94.5 Å². The maximum absolute atomic E-state index is 14.0. The minimum atomic E-state index is -0.323. The van der Waals surface area contributed by atoms with Crippen LogP contribution in [0.4, 0.5) is 4.39 Å². The molecule has 122 valence electrons. The summed E-state index contributed by atoms with van der Waals surface area (Å²) >= 11 is 5.95. The van der Waals surface area contributed by atoms with Crippen LogP contribution in [0.3, 0.4) is 0 Å². The van der Waals surface area contributed by atoms with Gasteiger partial charge in [0.15, 0.2) is 0 Å². The fraction of sp³-hybridized carbons (Fsp3) is 0.150. The van der Waals surface area contributed by atoms with E-state index in [1.54, 1.807) is 12.3 Å². The first-order valence-corrected chi connectivity index (χ1v) is 8.03. The Morgan fingerprint density at radius 3 is 2.54 bits per heavy atom. The first-order chi connectivity index (χ1) is 11.7. The highest BCUT2D eigenvalue weighted by Gasteiger charge is 2.18. The van der Waals surface area contributed by atoms with Crippen molar-refractivity contribution in [3.63, 3.8) is 0 Å². The van der Waals surface area contributed by atoms with E-state index in [4.69, 9.17) is 16.3 Å². The topological polar surface area (TPSA) is 22.1 Å². The Kier molecular flexibility index (Phi) is 5.11. The third-order valence-electron chi connectivity index (χ3n) is 3.92. The molecule has 0 radical (unpaired) electrons. The smallest absolute Gasteiger partial charge is 0.127 e. The second-order valence-corrected chi connectivity index (χ2v) is 6.00. The Morgan fingerprint density at radius 1 is 1.08 bits per heavy atom. The molecule has 0 aliphatic heterocycles. The van der Waals surface area contributed by atoms with Gasteiger partial charge < -0.3 is 4.74 Å². The average molecular weight is 342 g/mol. The Hall–Kier alpha value is -2.39. The van der Waals surface area contributed by atoms with E-state index in [1.807, 2.05) is 30.3 Å². The summed E-state index contributed by atoms with van der Waals surface area (Å²) in [5.74, 6) is 0.0858. The second kappa shape index (κ2) is 7.45. The van der Waals surface area contributed by atoms with Crippen molar-refractivity contribution in [1.82, 2.24) is 4.98 Å². The molecule has 24 heavy (non-hydrogen) atoms. The number of aromatic nitrogens is 1. The van der Waals surface area contributed by atoms with Crippen molar-refractivity contribution in [1.29, 1.82) is 0 Å². The Bertz CT molecular complexity index is 806. The van der Waals surface area contributed by atoms with Crippen molar-refractivity contribution in [2.45, 2.75) is 12.3 Å². The molecule has 0 saturated carbocycles. The normalized spacial score (nSPS) is 12.0. The van der Waals surface area contributed by atoms with Crippen LogP contribution in [0.2, 0.25) is 5.02 Å². The number of pyridine rings is 1. The molecule has 0 aliphatic rings. The molecule has 0 aliphatic carbocycles. The van der Waals surface area contributed by atoms with E-state index in [9.17, 15) is 4.39 Å². The Morgan fingerprint density at radius 2 is 1.88 bits per heavy atom. The third kappa shape index (κ3) is 3.92. The Balaban J connectivity index is 2.04. The van der Waals surface area contributed by atoms with Gasteiger partial charge in [0.05, 0.1) is 12.1 Å². The summed E-state index contributed by atoms with van der Waals surface area (Å²) < 4.78 is 19.2. The van der Waals surface area contributed by atoms with E-state index in [2.05, 4.69) is 17.1 Å². The van der Waals surface area contributed by atoms with Crippen molar-refractivity contribution >= 4 is 11.6 Å². The molecule has 2 nitrogen and oxygen atoms in total. The molecule has 0 N–H and O–H groups in total. The summed E-state index contributed by atoms with van der Waals surface area (Å²) in [6.45, 7) is 0. The van der Waals surface area contributed by atoms with Crippen LogP contribution in [-0.4, -0.2) is 12.1 Å². The molecule has 0 bridgehead atoms. The predicted molar refractivity (Wildman–Crippen MR) is 94.2 cm³/mol. The van der Waals surface area contributed by atoms with Gasteiger partial charge in [0.25, 0.3) is 0 Å². The number of hydrogen-bond acceptors (Lipinski definition) is 2. The summed E-state index contributed by atoms with van der Waals surface area (Å²) in [5, 5.41) is 0.578. The maximum Gasteiger partial charge on any atom is 0.127 e. The first-order valence-electron chi connectivity index (χ1n) is 7.65. The van der Waals surface area contributed by atoms with Gasteiger partial charge in [-0.15, -0.1) is 0 Å². The highest BCUT2D eigenvalue weighted by Crippen LogP contribution is 2.31. The van der Waals surface area contributed by atoms with Gasteiger partial charge >= 0.3 is 0 Å². The molecule has 0 amide bonds. The second-order valence-electron chi connectivity index (χ2n) is 5.57. The largest absolute Gasteiger partial charge is 0.497 e. The zero-order valence-corrected chi connectivity index (χ0v) is 14.0. The molecule has 2 aromatic carbocycles. The number of nitrogens with zero attached hydrogens (tertiary/aromatic N) is 1. The van der Waals surface area contributed by atoms with E-state index >= 15 is 0 Å². The fourth-order valence-corrected chi connectivity index (χ4v) is 2.85. The van der Waals surface area contributed by atoms with Crippen molar-refractivity contribution in [2.75, 3.05) is 7.11 Å². The van der Waals surface area contributed by atoms with Crippen LogP contribution in [0.1, 0.15) is 22.7 Å². The summed E-state index contributed by atoms with van der Waals surface area (Å²) in [6, 6.07) is 18.5. The van der Waals surface area contributed by atoms with Gasteiger partial charge in [-0.3, -0.25) is 4.98 Å². The van der Waals surface area contributed by atoms with Gasteiger partial charge in [-0.2, -0.15) is 0 Å². The first kappa shape index (κ1) is 16.5. The number of halogens is 2. The monoisotopic (exact) mass is 341 g/mol. The summed E-state index contributed by atoms with van der Waals surface area (Å²) in [7, 11) is 1.53. The molecule has 4 heteroatoms. The standard InChI is InChI=1S/C20H17ClFNO/c1-24-18-11-15(10-17(22)12-18)19(9-14-5-3-2-4-6-14)20-8-7-16(21)13-23-20/h2-8,10-13,19H,9H2,1H3. The lowest BCUT2D eigenvalue weighted by molar-refractivity contribution is 0.410. The van der Waals surface area contributed by atoms with Gasteiger partial charge in [0.1, 0.15) is 11.6 Å². The van der Waals surface area contributed by atoms with Crippen molar-refractivity contribution in [2.24, 2.45) is 0 Å². The molecule has 1 unspecified atom stereocenters. The number of benzene rings is 2.